The van der Waals surface area contributed by atoms with E-state index in [-0.39, 0.29) is 22.0 Å². The van der Waals surface area contributed by atoms with Gasteiger partial charge in [-0.2, -0.15) is 18.3 Å². The van der Waals surface area contributed by atoms with Gasteiger partial charge in [-0.25, -0.2) is 5.01 Å². The minimum atomic E-state index is -4.46. The SMILES string of the molecule is CCC1SC(=O)N(CCCN2CCCCC2)N=C1c1ccc(OC)c(OCC(F)(F)F)c1. The highest BCUT2D eigenvalue weighted by Gasteiger charge is 2.32. The first-order chi connectivity index (χ1) is 15.3. The smallest absolute Gasteiger partial charge is 0.422 e. The molecule has 10 heteroatoms. The molecule has 0 spiro atoms. The number of piperidine rings is 1. The van der Waals surface area contributed by atoms with E-state index in [1.165, 1.54) is 49.2 Å². The third kappa shape index (κ3) is 6.78. The van der Waals surface area contributed by atoms with Gasteiger partial charge in [0, 0.05) is 12.1 Å². The molecule has 32 heavy (non-hydrogen) atoms. The number of alkyl halides is 3. The van der Waals surface area contributed by atoms with Crippen LogP contribution in [0.5, 0.6) is 11.5 Å². The number of benzene rings is 1. The molecule has 3 rings (SSSR count). The maximum Gasteiger partial charge on any atom is 0.422 e. The van der Waals surface area contributed by atoms with Crippen molar-refractivity contribution in [2.24, 2.45) is 5.10 Å². The number of amides is 1. The van der Waals surface area contributed by atoms with Crippen LogP contribution in [0.25, 0.3) is 0 Å². The number of rotatable bonds is 9. The van der Waals surface area contributed by atoms with Crippen LogP contribution in [0.4, 0.5) is 18.0 Å². The number of hydrogen-bond donors (Lipinski definition) is 0. The molecule has 2 heterocycles. The van der Waals surface area contributed by atoms with Gasteiger partial charge in [0.1, 0.15) is 0 Å². The third-order valence-corrected chi connectivity index (χ3v) is 6.76. The number of ether oxygens (including phenoxy) is 2. The molecule has 1 unspecified atom stereocenters. The van der Waals surface area contributed by atoms with E-state index in [2.05, 4.69) is 10.0 Å². The minimum absolute atomic E-state index is 0.00146. The van der Waals surface area contributed by atoms with Crippen molar-refractivity contribution in [1.29, 1.82) is 0 Å². The van der Waals surface area contributed by atoms with Crippen LogP contribution in [-0.2, 0) is 0 Å². The van der Waals surface area contributed by atoms with E-state index in [4.69, 9.17) is 9.47 Å². The molecular weight excluding hydrogens is 443 g/mol. The lowest BCUT2D eigenvalue weighted by atomic mass is 10.0. The monoisotopic (exact) mass is 473 g/mol. The van der Waals surface area contributed by atoms with Gasteiger partial charge in [-0.05, 0) is 63.5 Å². The fourth-order valence-electron chi connectivity index (χ4n) is 3.87. The molecule has 0 saturated carbocycles. The van der Waals surface area contributed by atoms with Crippen molar-refractivity contribution in [2.75, 3.05) is 39.9 Å². The number of methoxy groups -OCH3 is 1. The van der Waals surface area contributed by atoms with Gasteiger partial charge in [0.25, 0.3) is 0 Å². The lowest BCUT2D eigenvalue weighted by Gasteiger charge is -2.30. The summed E-state index contributed by atoms with van der Waals surface area (Å²) in [5, 5.41) is 5.83. The molecule has 1 fully saturated rings. The molecule has 0 aliphatic carbocycles. The lowest BCUT2D eigenvalue weighted by molar-refractivity contribution is -0.153. The van der Waals surface area contributed by atoms with Crippen LogP contribution < -0.4 is 9.47 Å². The number of hydrazone groups is 1. The average Bonchev–Trinajstić information content (AvgIpc) is 2.78. The van der Waals surface area contributed by atoms with Crippen LogP contribution in [0.2, 0.25) is 0 Å². The summed E-state index contributed by atoms with van der Waals surface area (Å²) in [6.07, 6.45) is 0.748. The highest BCUT2D eigenvalue weighted by Crippen LogP contribution is 2.34. The van der Waals surface area contributed by atoms with Gasteiger partial charge in [-0.3, -0.25) is 4.79 Å². The average molecular weight is 474 g/mol. The van der Waals surface area contributed by atoms with Gasteiger partial charge in [-0.1, -0.05) is 25.1 Å². The molecule has 1 amide bonds. The van der Waals surface area contributed by atoms with Crippen molar-refractivity contribution in [2.45, 2.75) is 50.5 Å². The van der Waals surface area contributed by atoms with Crippen molar-refractivity contribution < 1.29 is 27.4 Å². The van der Waals surface area contributed by atoms with Crippen molar-refractivity contribution in [1.82, 2.24) is 9.91 Å². The molecule has 0 radical (unpaired) electrons. The van der Waals surface area contributed by atoms with Gasteiger partial charge in [0.2, 0.25) is 0 Å². The number of nitrogens with zero attached hydrogens (tertiary/aromatic N) is 3. The molecule has 0 bridgehead atoms. The summed E-state index contributed by atoms with van der Waals surface area (Å²) in [5.74, 6) is 0.211. The van der Waals surface area contributed by atoms with E-state index in [9.17, 15) is 18.0 Å². The molecular formula is C22H30F3N3O3S. The summed E-state index contributed by atoms with van der Waals surface area (Å²) in [6, 6.07) is 4.81. The van der Waals surface area contributed by atoms with Crippen molar-refractivity contribution in [3.05, 3.63) is 23.8 Å². The number of carbonyl (C=O) groups is 1. The Kier molecular flexibility index (Phi) is 8.70. The standard InChI is InChI=1S/C22H30F3N3O3S/c1-3-19-20(16-8-9-17(30-2)18(14-16)31-15-22(23,24)25)26-28(21(29)32-19)13-7-12-27-10-5-4-6-11-27/h8-9,14,19H,3-7,10-13,15H2,1-2H3. The highest BCUT2D eigenvalue weighted by atomic mass is 32.2. The quantitative estimate of drug-likeness (QED) is 0.496. The van der Waals surface area contributed by atoms with Gasteiger partial charge < -0.3 is 14.4 Å². The van der Waals surface area contributed by atoms with Crippen LogP contribution in [0.15, 0.2) is 23.3 Å². The molecule has 1 aromatic carbocycles. The summed E-state index contributed by atoms with van der Waals surface area (Å²) in [5.41, 5.74) is 1.28. The predicted octanol–water partition coefficient (Wildman–Crippen LogP) is 5.16. The number of halogens is 3. The Morgan fingerprint density at radius 3 is 2.56 bits per heavy atom. The Hall–Kier alpha value is -1.94. The molecule has 2 aliphatic rings. The van der Waals surface area contributed by atoms with E-state index >= 15 is 0 Å². The second-order valence-electron chi connectivity index (χ2n) is 7.91. The van der Waals surface area contributed by atoms with Crippen LogP contribution in [0, 0.1) is 0 Å². The second-order valence-corrected chi connectivity index (χ2v) is 9.07. The Morgan fingerprint density at radius 2 is 1.91 bits per heavy atom. The van der Waals surface area contributed by atoms with Gasteiger partial charge in [-0.15, -0.1) is 0 Å². The fourth-order valence-corrected chi connectivity index (χ4v) is 4.83. The van der Waals surface area contributed by atoms with Crippen LogP contribution in [-0.4, -0.2) is 72.2 Å². The molecule has 2 aliphatic heterocycles. The van der Waals surface area contributed by atoms with Crippen molar-refractivity contribution in [3.63, 3.8) is 0 Å². The molecule has 1 saturated heterocycles. The normalized spacial score (nSPS) is 20.3. The molecule has 178 valence electrons. The fraction of sp³-hybridized carbons (Fsp3) is 0.636. The maximum absolute atomic E-state index is 12.7. The van der Waals surface area contributed by atoms with Gasteiger partial charge in [0.15, 0.2) is 18.1 Å². The van der Waals surface area contributed by atoms with Crippen LogP contribution >= 0.6 is 11.8 Å². The summed E-state index contributed by atoms with van der Waals surface area (Å²) < 4.78 is 48.1. The largest absolute Gasteiger partial charge is 0.493 e. The minimum Gasteiger partial charge on any atom is -0.493 e. The first-order valence-electron chi connectivity index (χ1n) is 11.0. The molecule has 0 N–H and O–H groups in total. The summed E-state index contributed by atoms with van der Waals surface area (Å²) >= 11 is 1.21. The predicted molar refractivity (Wildman–Crippen MR) is 120 cm³/mol. The van der Waals surface area contributed by atoms with Crippen LogP contribution in [0.1, 0.15) is 44.6 Å². The van der Waals surface area contributed by atoms with Crippen molar-refractivity contribution in [3.8, 4) is 11.5 Å². The second kappa shape index (κ2) is 11.3. The topological polar surface area (TPSA) is 54.4 Å². The Labute approximate surface area is 191 Å². The molecule has 1 aromatic rings. The maximum atomic E-state index is 12.7. The van der Waals surface area contributed by atoms with Crippen molar-refractivity contribution >= 4 is 22.7 Å². The Balaban J connectivity index is 1.76. The van der Waals surface area contributed by atoms with E-state index in [0.29, 0.717) is 24.2 Å². The Morgan fingerprint density at radius 1 is 1.16 bits per heavy atom. The first-order valence-corrected chi connectivity index (χ1v) is 11.9. The molecule has 6 nitrogen and oxygen atoms in total. The summed E-state index contributed by atoms with van der Waals surface area (Å²) in [4.78, 5) is 15.0. The highest BCUT2D eigenvalue weighted by molar-refractivity contribution is 8.14. The van der Waals surface area contributed by atoms with E-state index in [1.807, 2.05) is 6.92 Å². The van der Waals surface area contributed by atoms with Crippen LogP contribution in [0.3, 0.4) is 0 Å². The number of thioether (sulfide) groups is 1. The molecule has 1 atom stereocenters. The summed E-state index contributed by atoms with van der Waals surface area (Å²) in [6.45, 7) is 4.18. The lowest BCUT2D eigenvalue weighted by Crippen LogP contribution is -2.37. The summed E-state index contributed by atoms with van der Waals surface area (Å²) in [7, 11) is 1.38. The van der Waals surface area contributed by atoms with E-state index in [1.54, 1.807) is 12.1 Å². The molecule has 0 aromatic heterocycles. The first kappa shape index (κ1) is 24.7. The zero-order chi connectivity index (χ0) is 23.1. The number of likely N-dealkylation sites (tertiary alicyclic amines) is 1. The number of hydrogen-bond acceptors (Lipinski definition) is 6. The van der Waals surface area contributed by atoms with E-state index in [0.717, 1.165) is 26.1 Å². The third-order valence-electron chi connectivity index (χ3n) is 5.50. The van der Waals surface area contributed by atoms with Gasteiger partial charge in [0.05, 0.1) is 18.1 Å². The zero-order valence-corrected chi connectivity index (χ0v) is 19.3. The Bertz CT molecular complexity index is 813. The van der Waals surface area contributed by atoms with Gasteiger partial charge >= 0.3 is 11.4 Å². The number of carbonyl (C=O) groups excluding carboxylic acids is 1. The zero-order valence-electron chi connectivity index (χ0n) is 18.5. The van der Waals surface area contributed by atoms with E-state index < -0.39 is 12.8 Å².